The summed E-state index contributed by atoms with van der Waals surface area (Å²) in [5.74, 6) is 0.640. The van der Waals surface area contributed by atoms with Crippen molar-refractivity contribution in [2.24, 2.45) is 0 Å². The highest BCUT2D eigenvalue weighted by Crippen LogP contribution is 2.25. The third kappa shape index (κ3) is 2.51. The lowest BCUT2D eigenvalue weighted by Crippen LogP contribution is -2.21. The average molecular weight is 294 g/mol. The first kappa shape index (κ1) is 13.1. The molecule has 2 heterocycles. The van der Waals surface area contributed by atoms with Crippen LogP contribution in [0.5, 0.6) is 0 Å². The van der Waals surface area contributed by atoms with Crippen molar-refractivity contribution in [2.75, 3.05) is 23.7 Å². The third-order valence-electron chi connectivity index (χ3n) is 3.21. The summed E-state index contributed by atoms with van der Waals surface area (Å²) in [6.45, 7) is 1.82. The van der Waals surface area contributed by atoms with E-state index < -0.39 is 5.82 Å². The van der Waals surface area contributed by atoms with E-state index in [-0.39, 0.29) is 11.0 Å². The van der Waals surface area contributed by atoms with Crippen molar-refractivity contribution in [3.8, 4) is 11.4 Å². The molecule has 1 aliphatic rings. The van der Waals surface area contributed by atoms with Crippen LogP contribution in [0, 0.1) is 5.82 Å². The van der Waals surface area contributed by atoms with Crippen molar-refractivity contribution >= 4 is 23.5 Å². The van der Waals surface area contributed by atoms with E-state index in [0.717, 1.165) is 25.9 Å². The summed E-state index contributed by atoms with van der Waals surface area (Å²) in [6.07, 6.45) is 2.23. The lowest BCUT2D eigenvalue weighted by molar-refractivity contribution is 0.628. The highest BCUT2D eigenvalue weighted by Gasteiger charge is 2.17. The number of nitrogen functional groups attached to an aromatic ring is 1. The zero-order chi connectivity index (χ0) is 14.1. The Labute approximate surface area is 120 Å². The number of hydrogen-bond donors (Lipinski definition) is 1. The number of aromatic nitrogens is 3. The molecule has 3 rings (SSSR count). The highest BCUT2D eigenvalue weighted by atomic mass is 35.5. The monoisotopic (exact) mass is 293 g/mol. The normalized spacial score (nSPS) is 14.8. The molecule has 1 saturated heterocycles. The van der Waals surface area contributed by atoms with Gasteiger partial charge in [-0.3, -0.25) is 0 Å². The zero-order valence-corrected chi connectivity index (χ0v) is 11.4. The minimum atomic E-state index is -0.475. The van der Waals surface area contributed by atoms with E-state index in [4.69, 9.17) is 17.3 Å². The van der Waals surface area contributed by atoms with Gasteiger partial charge in [-0.25, -0.2) is 4.39 Å². The summed E-state index contributed by atoms with van der Waals surface area (Å²) >= 11 is 5.78. The molecule has 20 heavy (non-hydrogen) atoms. The van der Waals surface area contributed by atoms with Gasteiger partial charge in [-0.1, -0.05) is 11.6 Å². The summed E-state index contributed by atoms with van der Waals surface area (Å²) in [4.78, 5) is 14.7. The van der Waals surface area contributed by atoms with Gasteiger partial charge in [0.2, 0.25) is 11.9 Å². The van der Waals surface area contributed by atoms with E-state index in [2.05, 4.69) is 19.9 Å². The molecule has 2 aromatic rings. The lowest BCUT2D eigenvalue weighted by Gasteiger charge is -2.15. The molecular formula is C13H13ClFN5. The van der Waals surface area contributed by atoms with E-state index >= 15 is 0 Å². The summed E-state index contributed by atoms with van der Waals surface area (Å²) in [7, 11) is 0. The molecule has 0 spiro atoms. The number of anilines is 2. The van der Waals surface area contributed by atoms with Gasteiger partial charge in [-0.2, -0.15) is 15.0 Å². The first-order valence-corrected chi connectivity index (χ1v) is 6.73. The molecular weight excluding hydrogens is 281 g/mol. The van der Waals surface area contributed by atoms with Crippen LogP contribution in [0.1, 0.15) is 12.8 Å². The van der Waals surface area contributed by atoms with Gasteiger partial charge in [0, 0.05) is 18.7 Å². The molecule has 0 bridgehead atoms. The van der Waals surface area contributed by atoms with E-state index in [1.165, 1.54) is 12.1 Å². The second-order valence-corrected chi connectivity index (χ2v) is 5.05. The van der Waals surface area contributed by atoms with Crippen LogP contribution in [0.25, 0.3) is 11.4 Å². The number of benzene rings is 1. The van der Waals surface area contributed by atoms with Gasteiger partial charge < -0.3 is 10.6 Å². The van der Waals surface area contributed by atoms with Crippen LogP contribution in [0.2, 0.25) is 5.02 Å². The maximum absolute atomic E-state index is 13.2. The van der Waals surface area contributed by atoms with Gasteiger partial charge in [0.15, 0.2) is 5.82 Å². The molecule has 5 nitrogen and oxygen atoms in total. The van der Waals surface area contributed by atoms with Crippen LogP contribution < -0.4 is 10.6 Å². The molecule has 0 amide bonds. The van der Waals surface area contributed by atoms with Crippen molar-refractivity contribution in [1.82, 2.24) is 15.0 Å². The van der Waals surface area contributed by atoms with Crippen LogP contribution in [0.4, 0.5) is 16.3 Å². The Morgan fingerprint density at radius 3 is 2.60 bits per heavy atom. The van der Waals surface area contributed by atoms with Crippen LogP contribution in [0.3, 0.4) is 0 Å². The van der Waals surface area contributed by atoms with Crippen molar-refractivity contribution < 1.29 is 4.39 Å². The number of halogens is 2. The first-order chi connectivity index (χ1) is 9.63. The fourth-order valence-corrected chi connectivity index (χ4v) is 2.38. The van der Waals surface area contributed by atoms with E-state index in [1.54, 1.807) is 6.07 Å². The smallest absolute Gasteiger partial charge is 0.230 e. The van der Waals surface area contributed by atoms with Gasteiger partial charge in [-0.05, 0) is 31.0 Å². The largest absolute Gasteiger partial charge is 0.368 e. The Bertz CT molecular complexity index is 643. The Morgan fingerprint density at radius 1 is 1.15 bits per heavy atom. The Kier molecular flexibility index (Phi) is 3.40. The molecule has 7 heteroatoms. The zero-order valence-electron chi connectivity index (χ0n) is 10.7. The van der Waals surface area contributed by atoms with Gasteiger partial charge in [0.05, 0.1) is 5.02 Å². The molecule has 0 aliphatic carbocycles. The molecule has 1 aromatic heterocycles. The summed E-state index contributed by atoms with van der Waals surface area (Å²) in [5, 5.41) is 0.0317. The fraction of sp³-hybridized carbons (Fsp3) is 0.308. The molecule has 0 saturated carbocycles. The van der Waals surface area contributed by atoms with E-state index in [9.17, 15) is 4.39 Å². The first-order valence-electron chi connectivity index (χ1n) is 6.35. The third-order valence-corrected chi connectivity index (χ3v) is 3.50. The van der Waals surface area contributed by atoms with Gasteiger partial charge >= 0.3 is 0 Å². The van der Waals surface area contributed by atoms with Crippen molar-refractivity contribution in [1.29, 1.82) is 0 Å². The van der Waals surface area contributed by atoms with E-state index in [0.29, 0.717) is 17.3 Å². The summed E-state index contributed by atoms with van der Waals surface area (Å²) in [6, 6.07) is 4.34. The molecule has 0 atom stereocenters. The standard InChI is InChI=1S/C13H13ClFN5/c14-9-7-8(3-4-10(9)15)11-17-12(16)19-13(18-11)20-5-1-2-6-20/h3-4,7H,1-2,5-6H2,(H2,16,17,18,19). The predicted molar refractivity (Wildman–Crippen MR) is 76.1 cm³/mol. The average Bonchev–Trinajstić information content (AvgIpc) is 2.95. The molecule has 1 fully saturated rings. The van der Waals surface area contributed by atoms with Gasteiger partial charge in [0.1, 0.15) is 5.82 Å². The molecule has 1 aromatic carbocycles. The number of nitrogens with zero attached hydrogens (tertiary/aromatic N) is 4. The topological polar surface area (TPSA) is 67.9 Å². The summed E-state index contributed by atoms with van der Waals surface area (Å²) < 4.78 is 13.2. The molecule has 1 aliphatic heterocycles. The van der Waals surface area contributed by atoms with Crippen molar-refractivity contribution in [3.63, 3.8) is 0 Å². The quantitative estimate of drug-likeness (QED) is 0.921. The second-order valence-electron chi connectivity index (χ2n) is 4.64. The minimum Gasteiger partial charge on any atom is -0.368 e. The van der Waals surface area contributed by atoms with Crippen LogP contribution >= 0.6 is 11.6 Å². The molecule has 2 N–H and O–H groups in total. The van der Waals surface area contributed by atoms with E-state index in [1.807, 2.05) is 0 Å². The van der Waals surface area contributed by atoms with Crippen molar-refractivity contribution in [2.45, 2.75) is 12.8 Å². The number of rotatable bonds is 2. The predicted octanol–water partition coefficient (Wildman–Crippen LogP) is 2.51. The van der Waals surface area contributed by atoms with Crippen LogP contribution in [-0.4, -0.2) is 28.0 Å². The summed E-state index contributed by atoms with van der Waals surface area (Å²) in [5.41, 5.74) is 6.35. The van der Waals surface area contributed by atoms with Crippen LogP contribution in [0.15, 0.2) is 18.2 Å². The number of hydrogen-bond acceptors (Lipinski definition) is 5. The highest BCUT2D eigenvalue weighted by molar-refractivity contribution is 6.31. The Hall–Kier alpha value is -1.95. The maximum atomic E-state index is 13.2. The minimum absolute atomic E-state index is 0.0317. The Balaban J connectivity index is 2.02. The SMILES string of the molecule is Nc1nc(-c2ccc(F)c(Cl)c2)nc(N2CCCC2)n1. The van der Waals surface area contributed by atoms with Crippen molar-refractivity contribution in [3.05, 3.63) is 29.0 Å². The molecule has 0 radical (unpaired) electrons. The fourth-order valence-electron chi connectivity index (χ4n) is 2.20. The molecule has 104 valence electrons. The molecule has 0 unspecified atom stereocenters. The van der Waals surface area contributed by atoms with Gasteiger partial charge in [-0.15, -0.1) is 0 Å². The van der Waals surface area contributed by atoms with Crippen LogP contribution in [-0.2, 0) is 0 Å². The lowest BCUT2D eigenvalue weighted by atomic mass is 10.2. The maximum Gasteiger partial charge on any atom is 0.230 e. The Morgan fingerprint density at radius 2 is 1.90 bits per heavy atom. The second kappa shape index (κ2) is 5.20. The number of nitrogens with two attached hydrogens (primary N) is 1. The van der Waals surface area contributed by atoms with Gasteiger partial charge in [0.25, 0.3) is 0 Å².